The highest BCUT2D eigenvalue weighted by Crippen LogP contribution is 2.76. The lowest BCUT2D eigenvalue weighted by Crippen LogP contribution is -2.42. The van der Waals surface area contributed by atoms with Gasteiger partial charge in [-0.25, -0.2) is 4.90 Å². The van der Waals surface area contributed by atoms with Crippen molar-refractivity contribution in [2.75, 3.05) is 4.90 Å². The summed E-state index contributed by atoms with van der Waals surface area (Å²) in [6.45, 7) is 1.89. The van der Waals surface area contributed by atoms with E-state index >= 15 is 0 Å². The number of benzene rings is 3. The van der Waals surface area contributed by atoms with Gasteiger partial charge in [-0.1, -0.05) is 83.9 Å². The quantitative estimate of drug-likeness (QED) is 0.524. The molecule has 0 N–H and O–H groups in total. The second kappa shape index (κ2) is 6.19. The summed E-state index contributed by atoms with van der Waals surface area (Å²) in [4.78, 5) is 28.5. The van der Waals surface area contributed by atoms with Gasteiger partial charge in [0.2, 0.25) is 11.8 Å². The van der Waals surface area contributed by atoms with Crippen molar-refractivity contribution in [1.82, 2.24) is 0 Å². The molecule has 2 fully saturated rings. The van der Waals surface area contributed by atoms with Crippen LogP contribution in [-0.2, 0) is 15.0 Å². The molecular weight excluding hydrogens is 405 g/mol. The summed E-state index contributed by atoms with van der Waals surface area (Å²) in [6, 6.07) is 24.4. The van der Waals surface area contributed by atoms with Gasteiger partial charge in [-0.15, -0.1) is 0 Å². The molecule has 1 heterocycles. The Morgan fingerprint density at radius 1 is 0.793 bits per heavy atom. The Bertz CT molecular complexity index is 1090. The van der Waals surface area contributed by atoms with Crippen molar-refractivity contribution in [3.8, 4) is 0 Å². The Kier molecular flexibility index (Phi) is 3.93. The summed E-state index contributed by atoms with van der Waals surface area (Å²) in [5.74, 6) is -0.924. The van der Waals surface area contributed by atoms with Crippen molar-refractivity contribution in [1.29, 1.82) is 0 Å². The maximum Gasteiger partial charge on any atom is 0.241 e. The number of anilines is 1. The molecule has 3 aromatic carbocycles. The van der Waals surface area contributed by atoms with E-state index in [1.165, 1.54) is 4.90 Å². The highest BCUT2D eigenvalue weighted by atomic mass is 35.5. The Labute approximate surface area is 178 Å². The van der Waals surface area contributed by atoms with Crippen molar-refractivity contribution < 1.29 is 9.59 Å². The zero-order chi connectivity index (χ0) is 20.4. The van der Waals surface area contributed by atoms with Crippen molar-refractivity contribution in [2.24, 2.45) is 11.3 Å². The first-order chi connectivity index (χ1) is 13.9. The van der Waals surface area contributed by atoms with Crippen LogP contribution < -0.4 is 4.90 Å². The fourth-order valence-electron chi connectivity index (χ4n) is 5.22. The van der Waals surface area contributed by atoms with E-state index in [9.17, 15) is 9.59 Å². The number of imide groups is 1. The van der Waals surface area contributed by atoms with Crippen LogP contribution in [0.1, 0.15) is 18.1 Å². The minimum absolute atomic E-state index is 0.219. The first-order valence-corrected chi connectivity index (χ1v) is 10.1. The van der Waals surface area contributed by atoms with Crippen LogP contribution in [0.25, 0.3) is 0 Å². The number of amides is 2. The Balaban J connectivity index is 1.68. The maximum atomic E-state index is 13.7. The molecule has 2 atom stereocenters. The van der Waals surface area contributed by atoms with E-state index in [2.05, 4.69) is 0 Å². The van der Waals surface area contributed by atoms with Gasteiger partial charge in [0, 0.05) is 15.5 Å². The highest BCUT2D eigenvalue weighted by molar-refractivity contribution is 6.36. The third kappa shape index (κ3) is 2.26. The second-order valence-electron chi connectivity index (χ2n) is 7.78. The van der Waals surface area contributed by atoms with E-state index in [1.54, 1.807) is 18.2 Å². The number of carbonyl (C=O) groups excluding carboxylic acids is 2. The molecule has 1 aliphatic carbocycles. The van der Waals surface area contributed by atoms with Gasteiger partial charge >= 0.3 is 0 Å². The van der Waals surface area contributed by atoms with Crippen molar-refractivity contribution in [3.63, 3.8) is 0 Å². The number of nitrogens with zero attached hydrogens (tertiary/aromatic N) is 1. The van der Waals surface area contributed by atoms with Crippen LogP contribution in [-0.4, -0.2) is 11.8 Å². The molecule has 3 aromatic rings. The topological polar surface area (TPSA) is 37.4 Å². The van der Waals surface area contributed by atoms with Crippen LogP contribution in [0.2, 0.25) is 10.0 Å². The number of rotatable bonds is 3. The van der Waals surface area contributed by atoms with Crippen LogP contribution in [0.4, 0.5) is 5.69 Å². The van der Waals surface area contributed by atoms with Gasteiger partial charge in [0.1, 0.15) is 0 Å². The van der Waals surface area contributed by atoms with Gasteiger partial charge in [-0.3, -0.25) is 9.59 Å². The summed E-state index contributed by atoms with van der Waals surface area (Å²) >= 11 is 12.2. The molecule has 0 radical (unpaired) electrons. The lowest BCUT2D eigenvalue weighted by molar-refractivity contribution is -0.125. The fourth-order valence-corrected chi connectivity index (χ4v) is 5.73. The molecule has 0 unspecified atom stereocenters. The van der Waals surface area contributed by atoms with E-state index in [4.69, 9.17) is 23.2 Å². The summed E-state index contributed by atoms with van der Waals surface area (Å²) in [5, 5.41) is 0.771. The van der Waals surface area contributed by atoms with E-state index < -0.39 is 16.7 Å². The average Bonchev–Trinajstić information content (AvgIpc) is 3.23. The standard InChI is InChI=1S/C24H17Cl2NO2/c1-23-20(21(28)27(22(23)29)19-13-17(25)12-18(26)14-19)24(23,15-8-4-2-5-9-15)16-10-6-3-7-11-16/h2-14,20H,1H3/t20-,23+/m1/s1. The minimum Gasteiger partial charge on any atom is -0.274 e. The molecule has 0 spiro atoms. The maximum absolute atomic E-state index is 13.7. The molecule has 5 rings (SSSR count). The molecule has 1 saturated heterocycles. The predicted octanol–water partition coefficient (Wildman–Crippen LogP) is 5.49. The number of carbonyl (C=O) groups is 2. The zero-order valence-corrected chi connectivity index (χ0v) is 17.1. The average molecular weight is 422 g/mol. The predicted molar refractivity (Wildman–Crippen MR) is 114 cm³/mol. The molecule has 0 bridgehead atoms. The summed E-state index contributed by atoms with van der Waals surface area (Å²) in [7, 11) is 0. The molecule has 1 saturated carbocycles. The first kappa shape index (κ1) is 18.4. The van der Waals surface area contributed by atoms with Crippen LogP contribution in [0, 0.1) is 11.3 Å². The zero-order valence-electron chi connectivity index (χ0n) is 15.6. The molecule has 2 amide bonds. The molecule has 29 heavy (non-hydrogen) atoms. The Hall–Kier alpha value is -2.62. The SMILES string of the molecule is C[C@@]12C(=O)N(c3cc(Cl)cc(Cl)c3)C(=O)[C@H]1C2(c1ccccc1)c1ccccc1. The monoisotopic (exact) mass is 421 g/mol. The number of hydrogen-bond acceptors (Lipinski definition) is 2. The van der Waals surface area contributed by atoms with Gasteiger partial charge in [0.25, 0.3) is 0 Å². The number of fused-ring (bicyclic) bond motifs is 1. The Morgan fingerprint density at radius 2 is 1.28 bits per heavy atom. The molecule has 3 nitrogen and oxygen atoms in total. The van der Waals surface area contributed by atoms with Crippen molar-refractivity contribution in [3.05, 3.63) is 100 Å². The molecule has 0 aromatic heterocycles. The van der Waals surface area contributed by atoms with E-state index in [0.29, 0.717) is 15.7 Å². The van der Waals surface area contributed by atoms with E-state index in [0.717, 1.165) is 11.1 Å². The smallest absolute Gasteiger partial charge is 0.241 e. The fraction of sp³-hybridized carbons (Fsp3) is 0.167. The van der Waals surface area contributed by atoms with Crippen LogP contribution in [0.15, 0.2) is 78.9 Å². The molecule has 5 heteroatoms. The third-order valence-corrected chi connectivity index (χ3v) is 6.86. The van der Waals surface area contributed by atoms with Crippen molar-refractivity contribution in [2.45, 2.75) is 12.3 Å². The largest absolute Gasteiger partial charge is 0.274 e. The third-order valence-electron chi connectivity index (χ3n) is 6.42. The number of halogens is 2. The highest BCUT2D eigenvalue weighted by Gasteiger charge is 2.86. The summed E-state index contributed by atoms with van der Waals surface area (Å²) in [5.41, 5.74) is 0.818. The van der Waals surface area contributed by atoms with Gasteiger partial charge in [0.05, 0.1) is 17.0 Å². The minimum atomic E-state index is -0.873. The van der Waals surface area contributed by atoms with Gasteiger partial charge in [-0.05, 0) is 36.2 Å². The lowest BCUT2D eigenvalue weighted by atomic mass is 9.79. The summed E-state index contributed by atoms with van der Waals surface area (Å²) < 4.78 is 0. The number of hydrogen-bond donors (Lipinski definition) is 0. The van der Waals surface area contributed by atoms with E-state index in [-0.39, 0.29) is 11.8 Å². The van der Waals surface area contributed by atoms with E-state index in [1.807, 2.05) is 67.6 Å². The first-order valence-electron chi connectivity index (χ1n) is 9.38. The molecule has 144 valence electrons. The normalized spacial score (nSPS) is 24.5. The van der Waals surface area contributed by atoms with Crippen LogP contribution in [0.5, 0.6) is 0 Å². The summed E-state index contributed by atoms with van der Waals surface area (Å²) in [6.07, 6.45) is 0. The van der Waals surface area contributed by atoms with Gasteiger partial charge < -0.3 is 0 Å². The van der Waals surface area contributed by atoms with Crippen molar-refractivity contribution >= 4 is 40.7 Å². The Morgan fingerprint density at radius 3 is 1.69 bits per heavy atom. The van der Waals surface area contributed by atoms with Gasteiger partial charge in [0.15, 0.2) is 0 Å². The number of piperidine rings is 1. The lowest BCUT2D eigenvalue weighted by Gasteiger charge is -2.29. The molecule has 2 aliphatic rings. The van der Waals surface area contributed by atoms with Crippen LogP contribution >= 0.6 is 23.2 Å². The molecule has 1 aliphatic heterocycles. The second-order valence-corrected chi connectivity index (χ2v) is 8.65. The van der Waals surface area contributed by atoms with Crippen LogP contribution in [0.3, 0.4) is 0 Å². The molecular formula is C24H17Cl2NO2. The van der Waals surface area contributed by atoms with Gasteiger partial charge in [-0.2, -0.15) is 0 Å².